The Balaban J connectivity index is 1.78. The number of aromatic amines is 1. The maximum Gasteiger partial charge on any atom is 0.433 e. The van der Waals surface area contributed by atoms with Crippen LogP contribution < -0.4 is 0 Å². The molecule has 0 spiro atoms. The molecular formula is C22H14F6N4O2S. The average Bonchev–Trinajstić information content (AvgIpc) is 3.28. The van der Waals surface area contributed by atoms with Crippen molar-refractivity contribution in [2.75, 3.05) is 6.26 Å². The van der Waals surface area contributed by atoms with E-state index in [1.54, 1.807) is 6.07 Å². The van der Waals surface area contributed by atoms with Crippen LogP contribution in [0.3, 0.4) is 0 Å². The highest BCUT2D eigenvalue weighted by molar-refractivity contribution is 7.90. The molecule has 4 aromatic rings. The van der Waals surface area contributed by atoms with Gasteiger partial charge in [-0.15, -0.1) is 0 Å². The molecule has 0 aliphatic carbocycles. The van der Waals surface area contributed by atoms with Crippen LogP contribution in [-0.2, 0) is 22.2 Å². The van der Waals surface area contributed by atoms with E-state index in [2.05, 4.69) is 19.9 Å². The highest BCUT2D eigenvalue weighted by Gasteiger charge is 2.34. The zero-order valence-electron chi connectivity index (χ0n) is 17.6. The lowest BCUT2D eigenvalue weighted by atomic mass is 10.1. The number of aromatic nitrogens is 4. The maximum absolute atomic E-state index is 13.5. The number of halogens is 6. The van der Waals surface area contributed by atoms with Crippen molar-refractivity contribution in [1.29, 1.82) is 0 Å². The molecule has 2 aromatic heterocycles. The topological polar surface area (TPSA) is 88.6 Å². The van der Waals surface area contributed by atoms with Crippen LogP contribution in [0.15, 0.2) is 65.7 Å². The third-order valence-corrected chi connectivity index (χ3v) is 6.00. The second-order valence-corrected chi connectivity index (χ2v) is 9.50. The monoisotopic (exact) mass is 512 g/mol. The summed E-state index contributed by atoms with van der Waals surface area (Å²) in [6, 6.07) is 9.97. The Labute approximate surface area is 194 Å². The molecule has 0 aliphatic heterocycles. The molecule has 2 heterocycles. The molecule has 0 fully saturated rings. The number of sulfone groups is 1. The highest BCUT2D eigenvalue weighted by Crippen LogP contribution is 2.34. The van der Waals surface area contributed by atoms with Gasteiger partial charge >= 0.3 is 12.4 Å². The van der Waals surface area contributed by atoms with Gasteiger partial charge in [-0.1, -0.05) is 24.3 Å². The van der Waals surface area contributed by atoms with E-state index < -0.39 is 39.3 Å². The van der Waals surface area contributed by atoms with Gasteiger partial charge in [-0.3, -0.25) is 0 Å². The van der Waals surface area contributed by atoms with Gasteiger partial charge in [0.1, 0.15) is 5.69 Å². The molecule has 0 bridgehead atoms. The minimum Gasteiger partial charge on any atom is -0.335 e. The second kappa shape index (κ2) is 8.48. The van der Waals surface area contributed by atoms with E-state index in [4.69, 9.17) is 0 Å². The Morgan fingerprint density at radius 1 is 0.829 bits per heavy atom. The molecule has 0 amide bonds. The summed E-state index contributed by atoms with van der Waals surface area (Å²) in [6.07, 6.45) is -7.16. The molecule has 6 nitrogen and oxygen atoms in total. The molecule has 0 aliphatic rings. The van der Waals surface area contributed by atoms with Crippen molar-refractivity contribution in [2.24, 2.45) is 0 Å². The molecule has 182 valence electrons. The molecule has 0 atom stereocenters. The summed E-state index contributed by atoms with van der Waals surface area (Å²) >= 11 is 0. The van der Waals surface area contributed by atoms with Gasteiger partial charge in [0.05, 0.1) is 28.0 Å². The van der Waals surface area contributed by atoms with Gasteiger partial charge < -0.3 is 4.98 Å². The van der Waals surface area contributed by atoms with E-state index in [1.165, 1.54) is 24.4 Å². The van der Waals surface area contributed by atoms with Gasteiger partial charge in [-0.25, -0.2) is 23.4 Å². The fraction of sp³-hybridized carbons (Fsp3) is 0.136. The first-order valence-corrected chi connectivity index (χ1v) is 11.6. The molecule has 2 aromatic carbocycles. The van der Waals surface area contributed by atoms with Crippen LogP contribution in [0.4, 0.5) is 26.3 Å². The molecule has 35 heavy (non-hydrogen) atoms. The van der Waals surface area contributed by atoms with Crippen molar-refractivity contribution in [3.63, 3.8) is 0 Å². The molecule has 1 N–H and O–H groups in total. The first-order valence-electron chi connectivity index (χ1n) is 9.71. The SMILES string of the molecule is CS(=O)(=O)c1cccc(-c2cnc(-c3nc(-c4ccc(C(F)(F)F)cc4)cc(C(F)(F)F)n3)[nH]2)c1. The predicted molar refractivity (Wildman–Crippen MR) is 114 cm³/mol. The maximum atomic E-state index is 13.5. The number of alkyl halides is 6. The highest BCUT2D eigenvalue weighted by atomic mass is 32.2. The molecule has 0 unspecified atom stereocenters. The fourth-order valence-corrected chi connectivity index (χ4v) is 3.82. The number of benzene rings is 2. The zero-order chi connectivity index (χ0) is 25.6. The smallest absolute Gasteiger partial charge is 0.335 e. The van der Waals surface area contributed by atoms with Crippen LogP contribution in [0, 0.1) is 0 Å². The van der Waals surface area contributed by atoms with Crippen LogP contribution in [0.25, 0.3) is 34.2 Å². The van der Waals surface area contributed by atoms with Crippen LogP contribution >= 0.6 is 0 Å². The lowest BCUT2D eigenvalue weighted by Crippen LogP contribution is -2.10. The van der Waals surface area contributed by atoms with E-state index in [-0.39, 0.29) is 22.0 Å². The number of rotatable bonds is 4. The van der Waals surface area contributed by atoms with E-state index in [0.29, 0.717) is 17.3 Å². The van der Waals surface area contributed by atoms with Gasteiger partial charge in [-0.05, 0) is 30.3 Å². The minimum atomic E-state index is -4.86. The first kappa shape index (κ1) is 24.4. The van der Waals surface area contributed by atoms with Crippen molar-refractivity contribution < 1.29 is 34.8 Å². The number of hydrogen-bond acceptors (Lipinski definition) is 5. The predicted octanol–water partition coefficient (Wildman–Crippen LogP) is 5.64. The van der Waals surface area contributed by atoms with Gasteiger partial charge in [-0.2, -0.15) is 26.3 Å². The van der Waals surface area contributed by atoms with Crippen LogP contribution in [0.5, 0.6) is 0 Å². The summed E-state index contributed by atoms with van der Waals surface area (Å²) in [5, 5.41) is 0. The normalized spacial score (nSPS) is 12.7. The summed E-state index contributed by atoms with van der Waals surface area (Å²) in [7, 11) is -3.50. The van der Waals surface area contributed by atoms with Gasteiger partial charge in [0.25, 0.3) is 0 Å². The number of imidazole rings is 1. The number of hydrogen-bond donors (Lipinski definition) is 1. The molecule has 0 saturated heterocycles. The third kappa shape index (κ3) is 5.34. The summed E-state index contributed by atoms with van der Waals surface area (Å²) in [4.78, 5) is 14.4. The lowest BCUT2D eigenvalue weighted by Gasteiger charge is -2.11. The van der Waals surface area contributed by atoms with Crippen LogP contribution in [0.2, 0.25) is 0 Å². The van der Waals surface area contributed by atoms with Crippen molar-refractivity contribution in [3.8, 4) is 34.2 Å². The third-order valence-electron chi connectivity index (χ3n) is 4.89. The van der Waals surface area contributed by atoms with Gasteiger partial charge in [0, 0.05) is 17.4 Å². The largest absolute Gasteiger partial charge is 0.433 e. The molecular weight excluding hydrogens is 498 g/mol. The van der Waals surface area contributed by atoms with Gasteiger partial charge in [0.15, 0.2) is 21.5 Å². The van der Waals surface area contributed by atoms with Crippen molar-refractivity contribution in [3.05, 3.63) is 72.1 Å². The summed E-state index contributed by atoms with van der Waals surface area (Å²) in [5.41, 5.74) is -1.81. The number of nitrogens with zero attached hydrogens (tertiary/aromatic N) is 3. The summed E-state index contributed by atoms with van der Waals surface area (Å²) in [6.45, 7) is 0. The minimum absolute atomic E-state index is 0.0137. The zero-order valence-corrected chi connectivity index (χ0v) is 18.4. The van der Waals surface area contributed by atoms with Crippen molar-refractivity contribution >= 4 is 9.84 Å². The van der Waals surface area contributed by atoms with Crippen molar-refractivity contribution in [2.45, 2.75) is 17.2 Å². The number of H-pyrrole nitrogens is 1. The van der Waals surface area contributed by atoms with E-state index in [1.807, 2.05) is 0 Å². The fourth-order valence-electron chi connectivity index (χ4n) is 3.15. The van der Waals surface area contributed by atoms with E-state index in [0.717, 1.165) is 30.5 Å². The number of nitrogens with one attached hydrogen (secondary N) is 1. The van der Waals surface area contributed by atoms with Gasteiger partial charge in [0.2, 0.25) is 0 Å². The Bertz CT molecular complexity index is 1490. The average molecular weight is 512 g/mol. The lowest BCUT2D eigenvalue weighted by molar-refractivity contribution is -0.141. The summed E-state index contributed by atoms with van der Waals surface area (Å²) in [5.74, 6) is -0.593. The first-order chi connectivity index (χ1) is 16.2. The van der Waals surface area contributed by atoms with Crippen LogP contribution in [0.1, 0.15) is 11.3 Å². The Morgan fingerprint density at radius 3 is 2.11 bits per heavy atom. The molecule has 0 radical (unpaired) electrons. The Hall–Kier alpha value is -3.74. The molecule has 4 rings (SSSR count). The second-order valence-electron chi connectivity index (χ2n) is 7.48. The Morgan fingerprint density at radius 2 is 1.51 bits per heavy atom. The van der Waals surface area contributed by atoms with E-state index in [9.17, 15) is 34.8 Å². The van der Waals surface area contributed by atoms with Crippen LogP contribution in [-0.4, -0.2) is 34.6 Å². The standard InChI is InChI=1S/C22H14F6N4O2S/c1-35(33,34)15-4-2-3-13(9-15)17-11-29-19(31-17)20-30-16(10-18(32-20)22(26,27)28)12-5-7-14(8-6-12)21(23,24)25/h2-11H,1H3,(H,29,31). The quantitative estimate of drug-likeness (QED) is 0.358. The molecule has 0 saturated carbocycles. The molecule has 13 heteroatoms. The summed E-state index contributed by atoms with van der Waals surface area (Å²) < 4.78 is 103. The van der Waals surface area contributed by atoms with E-state index >= 15 is 0 Å². The van der Waals surface area contributed by atoms with Crippen molar-refractivity contribution in [1.82, 2.24) is 19.9 Å². The Kier molecular flexibility index (Phi) is 5.91.